The van der Waals surface area contributed by atoms with E-state index in [0.29, 0.717) is 17.1 Å². The number of fused-ring (bicyclic) bond motifs is 1. The van der Waals surface area contributed by atoms with Gasteiger partial charge < -0.3 is 14.8 Å². The molecule has 0 saturated carbocycles. The van der Waals surface area contributed by atoms with Gasteiger partial charge in [0.1, 0.15) is 22.9 Å². The van der Waals surface area contributed by atoms with Gasteiger partial charge in [-0.2, -0.15) is 0 Å². The van der Waals surface area contributed by atoms with E-state index in [9.17, 15) is 19.5 Å². The fourth-order valence-corrected chi connectivity index (χ4v) is 4.07. The maximum absolute atomic E-state index is 12.3. The third-order valence-electron chi connectivity index (χ3n) is 3.75. The number of furan rings is 1. The molecular formula is C15H13ClN2O5S. The van der Waals surface area contributed by atoms with E-state index >= 15 is 0 Å². The van der Waals surface area contributed by atoms with Gasteiger partial charge in [0, 0.05) is 5.75 Å². The molecule has 3 heterocycles. The van der Waals surface area contributed by atoms with Crippen molar-refractivity contribution in [2.45, 2.75) is 17.3 Å². The van der Waals surface area contributed by atoms with Crippen LogP contribution in [0.3, 0.4) is 0 Å². The number of allylic oxidation sites excluding steroid dienone is 1. The van der Waals surface area contributed by atoms with E-state index in [2.05, 4.69) is 11.9 Å². The number of rotatable bonds is 5. The molecule has 9 heteroatoms. The minimum Gasteiger partial charge on any atom is -0.477 e. The van der Waals surface area contributed by atoms with Crippen molar-refractivity contribution in [1.82, 2.24) is 10.2 Å². The molecule has 2 aliphatic rings. The molecule has 0 aliphatic carbocycles. The van der Waals surface area contributed by atoms with Gasteiger partial charge in [0.2, 0.25) is 0 Å². The molecule has 24 heavy (non-hydrogen) atoms. The zero-order valence-electron chi connectivity index (χ0n) is 12.3. The molecular weight excluding hydrogens is 356 g/mol. The van der Waals surface area contributed by atoms with Crippen molar-refractivity contribution in [3.8, 4) is 0 Å². The quantitative estimate of drug-likeness (QED) is 0.604. The lowest BCUT2D eigenvalue weighted by atomic mass is 10.0. The van der Waals surface area contributed by atoms with Crippen molar-refractivity contribution in [2.75, 3.05) is 5.75 Å². The summed E-state index contributed by atoms with van der Waals surface area (Å²) in [6, 6.07) is 2.25. The molecule has 7 nitrogen and oxygen atoms in total. The fraction of sp³-hybridized carbons (Fsp3) is 0.267. The first kappa shape index (κ1) is 16.7. The van der Waals surface area contributed by atoms with Crippen molar-refractivity contribution in [3.05, 3.63) is 47.6 Å². The van der Waals surface area contributed by atoms with Crippen molar-refractivity contribution in [3.63, 3.8) is 0 Å². The number of β-lactam (4-membered cyclic amide) rings is 1. The molecule has 2 aliphatic heterocycles. The lowest BCUT2D eigenvalue weighted by Crippen LogP contribution is -2.70. The third kappa shape index (κ3) is 2.61. The first-order chi connectivity index (χ1) is 11.5. The topological polar surface area (TPSA) is 99.9 Å². The van der Waals surface area contributed by atoms with Crippen LogP contribution in [0.2, 0.25) is 0 Å². The number of aliphatic carboxylic acids is 1. The Hall–Kier alpha value is -2.19. The monoisotopic (exact) mass is 368 g/mol. The average molecular weight is 369 g/mol. The van der Waals surface area contributed by atoms with Gasteiger partial charge in [-0.1, -0.05) is 12.7 Å². The molecule has 0 bridgehead atoms. The number of nitrogens with one attached hydrogen (secondary N) is 1. The second kappa shape index (κ2) is 6.37. The summed E-state index contributed by atoms with van der Waals surface area (Å²) < 4.78 is 5.24. The summed E-state index contributed by atoms with van der Waals surface area (Å²) in [5.74, 6) is -1.16. The Bertz CT molecular complexity index is 772. The normalized spacial score (nSPS) is 22.7. The van der Waals surface area contributed by atoms with E-state index in [1.54, 1.807) is 6.07 Å². The lowest BCUT2D eigenvalue weighted by molar-refractivity contribution is -0.148. The number of amides is 2. The summed E-state index contributed by atoms with van der Waals surface area (Å²) in [4.78, 5) is 37.1. The largest absolute Gasteiger partial charge is 0.477 e. The zero-order chi connectivity index (χ0) is 17.4. The fourth-order valence-electron chi connectivity index (χ4n) is 2.58. The molecule has 2 unspecified atom stereocenters. The number of halogens is 1. The zero-order valence-corrected chi connectivity index (χ0v) is 13.9. The minimum absolute atomic E-state index is 0.0542. The van der Waals surface area contributed by atoms with E-state index in [-0.39, 0.29) is 17.3 Å². The SMILES string of the molecule is C=CC1=C(C(=O)O)N2C(=O)C(NC(=O)c3ccc(CCl)o3)C2SC1. The number of nitrogens with zero attached hydrogens (tertiary/aromatic N) is 1. The Labute approximate surface area is 146 Å². The Kier molecular flexibility index (Phi) is 4.42. The van der Waals surface area contributed by atoms with Crippen molar-refractivity contribution in [2.24, 2.45) is 0 Å². The molecule has 126 valence electrons. The molecule has 2 amide bonds. The number of carboxylic acids is 1. The second-order valence-corrected chi connectivity index (χ2v) is 6.52. The number of alkyl halides is 1. The van der Waals surface area contributed by atoms with Crippen LogP contribution in [0.5, 0.6) is 0 Å². The maximum Gasteiger partial charge on any atom is 0.352 e. The molecule has 2 N–H and O–H groups in total. The summed E-state index contributed by atoms with van der Waals surface area (Å²) in [5.41, 5.74) is 0.409. The van der Waals surface area contributed by atoms with E-state index < -0.39 is 29.2 Å². The molecule has 3 rings (SSSR count). The molecule has 0 radical (unpaired) electrons. The number of carbonyl (C=O) groups excluding carboxylic acids is 2. The number of hydrogen-bond acceptors (Lipinski definition) is 5. The molecule has 1 aromatic rings. The highest BCUT2D eigenvalue weighted by molar-refractivity contribution is 8.00. The molecule has 2 atom stereocenters. The van der Waals surface area contributed by atoms with Gasteiger partial charge in [0.15, 0.2) is 5.76 Å². The highest BCUT2D eigenvalue weighted by atomic mass is 35.5. The van der Waals surface area contributed by atoms with Crippen LogP contribution in [-0.2, 0) is 15.5 Å². The van der Waals surface area contributed by atoms with Crippen molar-refractivity contribution in [1.29, 1.82) is 0 Å². The van der Waals surface area contributed by atoms with E-state index in [4.69, 9.17) is 16.0 Å². The van der Waals surface area contributed by atoms with Gasteiger partial charge in [0.25, 0.3) is 11.8 Å². The van der Waals surface area contributed by atoms with Crippen LogP contribution in [-0.4, -0.2) is 45.0 Å². The Morgan fingerprint density at radius 3 is 2.88 bits per heavy atom. The van der Waals surface area contributed by atoms with Gasteiger partial charge in [0.05, 0.1) is 5.88 Å². The lowest BCUT2D eigenvalue weighted by Gasteiger charge is -2.49. The molecule has 0 aromatic carbocycles. The highest BCUT2D eigenvalue weighted by Crippen LogP contribution is 2.40. The van der Waals surface area contributed by atoms with Crippen molar-refractivity contribution < 1.29 is 23.9 Å². The van der Waals surface area contributed by atoms with Gasteiger partial charge in [-0.25, -0.2) is 4.79 Å². The van der Waals surface area contributed by atoms with Crippen LogP contribution >= 0.6 is 23.4 Å². The van der Waals surface area contributed by atoms with E-state index in [1.165, 1.54) is 28.8 Å². The van der Waals surface area contributed by atoms with E-state index in [0.717, 1.165) is 0 Å². The first-order valence-electron chi connectivity index (χ1n) is 6.97. The van der Waals surface area contributed by atoms with Crippen molar-refractivity contribution >= 4 is 41.1 Å². The third-order valence-corrected chi connectivity index (χ3v) is 5.32. The van der Waals surface area contributed by atoms with E-state index in [1.807, 2.05) is 0 Å². The Morgan fingerprint density at radius 2 is 2.29 bits per heavy atom. The summed E-state index contributed by atoms with van der Waals surface area (Å²) in [6.07, 6.45) is 1.43. The van der Waals surface area contributed by atoms with Crippen LogP contribution in [0.4, 0.5) is 0 Å². The molecule has 0 spiro atoms. The van der Waals surface area contributed by atoms with Crippen LogP contribution in [0.25, 0.3) is 0 Å². The molecule has 1 fully saturated rings. The predicted octanol–water partition coefficient (Wildman–Crippen LogP) is 1.56. The summed E-state index contributed by atoms with van der Waals surface area (Å²) in [5, 5.41) is 11.5. The number of hydrogen-bond donors (Lipinski definition) is 2. The van der Waals surface area contributed by atoms with Crippen LogP contribution in [0.1, 0.15) is 16.3 Å². The predicted molar refractivity (Wildman–Crippen MR) is 87.5 cm³/mol. The van der Waals surface area contributed by atoms with Crippen LogP contribution in [0, 0.1) is 0 Å². The second-order valence-electron chi connectivity index (χ2n) is 5.14. The Morgan fingerprint density at radius 1 is 1.54 bits per heavy atom. The minimum atomic E-state index is -1.19. The smallest absolute Gasteiger partial charge is 0.352 e. The number of carbonyl (C=O) groups is 3. The first-order valence-corrected chi connectivity index (χ1v) is 8.55. The number of thioether (sulfide) groups is 1. The Balaban J connectivity index is 1.76. The van der Waals surface area contributed by atoms with Gasteiger partial charge in [-0.3, -0.25) is 14.5 Å². The number of carboxylic acid groups (broad SMARTS) is 1. The summed E-state index contributed by atoms with van der Waals surface area (Å²) in [6.45, 7) is 3.58. The van der Waals surface area contributed by atoms with Crippen LogP contribution in [0.15, 0.2) is 40.5 Å². The molecule has 1 aromatic heterocycles. The summed E-state index contributed by atoms with van der Waals surface area (Å²) >= 11 is 6.99. The highest BCUT2D eigenvalue weighted by Gasteiger charge is 2.54. The standard InChI is InChI=1S/C15H13ClN2O5S/c1-2-7-6-24-14-10(13(20)18(14)11(7)15(21)22)17-12(19)9-4-3-8(5-16)23-9/h2-4,10,14H,1,5-6H2,(H,17,19)(H,21,22). The van der Waals surface area contributed by atoms with Gasteiger partial charge >= 0.3 is 5.97 Å². The van der Waals surface area contributed by atoms with Gasteiger partial charge in [-0.05, 0) is 17.7 Å². The molecule has 1 saturated heterocycles. The average Bonchev–Trinajstić information content (AvgIpc) is 3.07. The van der Waals surface area contributed by atoms with Crippen LogP contribution < -0.4 is 5.32 Å². The van der Waals surface area contributed by atoms with Gasteiger partial charge in [-0.15, -0.1) is 23.4 Å². The maximum atomic E-state index is 12.3. The summed E-state index contributed by atoms with van der Waals surface area (Å²) in [7, 11) is 0.